The van der Waals surface area contributed by atoms with Crippen LogP contribution >= 0.6 is 0 Å². The van der Waals surface area contributed by atoms with Crippen LogP contribution in [-0.2, 0) is 20.8 Å². The first-order valence-corrected chi connectivity index (χ1v) is 9.35. The second-order valence-corrected chi connectivity index (χ2v) is 6.76. The third-order valence-corrected chi connectivity index (χ3v) is 4.72. The quantitative estimate of drug-likeness (QED) is 0.739. The number of para-hydroxylation sites is 1. The molecule has 1 unspecified atom stereocenters. The molecule has 0 radical (unpaired) electrons. The highest BCUT2D eigenvalue weighted by molar-refractivity contribution is 6.01. The van der Waals surface area contributed by atoms with Gasteiger partial charge in [0.25, 0.3) is 0 Å². The number of halogens is 1. The first-order valence-electron chi connectivity index (χ1n) is 9.35. The summed E-state index contributed by atoms with van der Waals surface area (Å²) < 4.78 is 13.1. The molecular weight excluding hydrogens is 373 g/mol. The van der Waals surface area contributed by atoms with Gasteiger partial charge in [-0.3, -0.25) is 14.4 Å². The van der Waals surface area contributed by atoms with Crippen LogP contribution in [-0.4, -0.2) is 30.3 Å². The van der Waals surface area contributed by atoms with E-state index in [9.17, 15) is 18.8 Å². The second-order valence-electron chi connectivity index (χ2n) is 6.76. The van der Waals surface area contributed by atoms with Gasteiger partial charge in [-0.15, -0.1) is 0 Å². The van der Waals surface area contributed by atoms with Crippen molar-refractivity contribution in [3.63, 3.8) is 0 Å². The molecule has 2 N–H and O–H groups in total. The van der Waals surface area contributed by atoms with Crippen LogP contribution in [0.3, 0.4) is 0 Å². The van der Waals surface area contributed by atoms with E-state index in [2.05, 4.69) is 17.2 Å². The maximum atomic E-state index is 13.1. The van der Waals surface area contributed by atoms with Gasteiger partial charge in [-0.05, 0) is 54.8 Å². The summed E-state index contributed by atoms with van der Waals surface area (Å²) in [6, 6.07) is 12.0. The highest BCUT2D eigenvalue weighted by Gasteiger charge is 2.30. The van der Waals surface area contributed by atoms with Gasteiger partial charge >= 0.3 is 0 Å². The Kier molecular flexibility index (Phi) is 6.39. The lowest BCUT2D eigenvalue weighted by molar-refractivity contribution is -0.128. The maximum Gasteiger partial charge on any atom is 0.249 e. The van der Waals surface area contributed by atoms with Crippen molar-refractivity contribution in [2.75, 3.05) is 16.8 Å². The zero-order valence-electron chi connectivity index (χ0n) is 15.9. The number of piperidine rings is 1. The molecule has 1 fully saturated rings. The van der Waals surface area contributed by atoms with Crippen molar-refractivity contribution in [3.05, 3.63) is 72.6 Å². The predicted molar refractivity (Wildman–Crippen MR) is 109 cm³/mol. The largest absolute Gasteiger partial charge is 0.344 e. The molecule has 29 heavy (non-hydrogen) atoms. The van der Waals surface area contributed by atoms with Crippen LogP contribution in [0, 0.1) is 5.82 Å². The van der Waals surface area contributed by atoms with Crippen LogP contribution in [0.15, 0.2) is 61.2 Å². The fourth-order valence-corrected chi connectivity index (χ4v) is 3.29. The molecule has 6 nitrogen and oxygen atoms in total. The van der Waals surface area contributed by atoms with E-state index in [0.29, 0.717) is 29.9 Å². The smallest absolute Gasteiger partial charge is 0.249 e. The van der Waals surface area contributed by atoms with Gasteiger partial charge in [-0.1, -0.05) is 24.8 Å². The number of anilines is 2. The summed E-state index contributed by atoms with van der Waals surface area (Å²) in [5.74, 6) is -1.27. The highest BCUT2D eigenvalue weighted by Crippen LogP contribution is 2.22. The molecule has 1 heterocycles. The van der Waals surface area contributed by atoms with Gasteiger partial charge in [0.1, 0.15) is 11.9 Å². The van der Waals surface area contributed by atoms with Crippen molar-refractivity contribution in [2.24, 2.45) is 0 Å². The van der Waals surface area contributed by atoms with E-state index in [1.165, 1.54) is 12.1 Å². The van der Waals surface area contributed by atoms with Crippen LogP contribution in [0.5, 0.6) is 0 Å². The van der Waals surface area contributed by atoms with E-state index in [4.69, 9.17) is 0 Å². The number of nitrogens with one attached hydrogen (secondary N) is 2. The summed E-state index contributed by atoms with van der Waals surface area (Å²) in [6.07, 6.45) is 2.44. The fourth-order valence-electron chi connectivity index (χ4n) is 3.29. The van der Waals surface area contributed by atoms with Crippen LogP contribution in [0.1, 0.15) is 18.4 Å². The number of carbonyl (C=O) groups excluding carboxylic acids is 3. The molecule has 0 spiro atoms. The lowest BCUT2D eigenvalue weighted by Gasteiger charge is -2.32. The van der Waals surface area contributed by atoms with Gasteiger partial charge in [-0.2, -0.15) is 0 Å². The molecule has 1 atom stereocenters. The van der Waals surface area contributed by atoms with Gasteiger partial charge in [0.15, 0.2) is 0 Å². The monoisotopic (exact) mass is 395 g/mol. The van der Waals surface area contributed by atoms with Gasteiger partial charge < -0.3 is 15.5 Å². The average Bonchev–Trinajstić information content (AvgIpc) is 2.71. The molecule has 3 amide bonds. The standard InChI is InChI=1S/C22H22FN3O3/c1-2-20(27)24-18-7-4-3-6-15(18)14-21(28)25-19-8-5-13-26(22(19)29)17-11-9-16(23)10-12-17/h2-4,6-7,9-12,19H,1,5,8,13-14H2,(H,24,27)(H,25,28). The van der Waals surface area contributed by atoms with E-state index in [1.54, 1.807) is 41.3 Å². The molecule has 150 valence electrons. The van der Waals surface area contributed by atoms with Crippen LogP contribution < -0.4 is 15.5 Å². The topological polar surface area (TPSA) is 78.5 Å². The Bertz CT molecular complexity index is 927. The third-order valence-electron chi connectivity index (χ3n) is 4.72. The molecule has 7 heteroatoms. The van der Waals surface area contributed by atoms with Crippen molar-refractivity contribution in [2.45, 2.75) is 25.3 Å². The Hall–Kier alpha value is -3.48. The summed E-state index contributed by atoms with van der Waals surface area (Å²) in [4.78, 5) is 38.5. The number of hydrogen-bond acceptors (Lipinski definition) is 3. The van der Waals surface area contributed by atoms with Crippen molar-refractivity contribution < 1.29 is 18.8 Å². The van der Waals surface area contributed by atoms with E-state index in [1.807, 2.05) is 0 Å². The molecule has 2 aromatic carbocycles. The summed E-state index contributed by atoms with van der Waals surface area (Å²) >= 11 is 0. The summed E-state index contributed by atoms with van der Waals surface area (Å²) in [7, 11) is 0. The Morgan fingerprint density at radius 3 is 2.62 bits per heavy atom. The van der Waals surface area contributed by atoms with E-state index >= 15 is 0 Å². The Labute approximate surface area is 168 Å². The first-order chi connectivity index (χ1) is 14.0. The number of hydrogen-bond donors (Lipinski definition) is 2. The summed E-state index contributed by atoms with van der Waals surface area (Å²) in [5, 5.41) is 5.45. The molecule has 1 saturated heterocycles. The molecule has 1 aliphatic heterocycles. The SMILES string of the molecule is C=CC(=O)Nc1ccccc1CC(=O)NC1CCCN(c2ccc(F)cc2)C1=O. The Morgan fingerprint density at radius 2 is 1.90 bits per heavy atom. The minimum atomic E-state index is -0.642. The minimum Gasteiger partial charge on any atom is -0.344 e. The second kappa shape index (κ2) is 9.14. The van der Waals surface area contributed by atoms with Crippen molar-refractivity contribution >= 4 is 29.1 Å². The molecule has 3 rings (SSSR count). The van der Waals surface area contributed by atoms with Crippen LogP contribution in [0.4, 0.5) is 15.8 Å². The van der Waals surface area contributed by atoms with Gasteiger partial charge in [0.05, 0.1) is 6.42 Å². The number of benzene rings is 2. The number of nitrogens with zero attached hydrogens (tertiary/aromatic N) is 1. The van der Waals surface area contributed by atoms with Crippen LogP contribution in [0.2, 0.25) is 0 Å². The zero-order valence-corrected chi connectivity index (χ0v) is 15.9. The molecule has 0 bridgehead atoms. The third kappa shape index (κ3) is 5.07. The van der Waals surface area contributed by atoms with Gasteiger partial charge in [-0.25, -0.2) is 4.39 Å². The molecule has 1 aliphatic rings. The minimum absolute atomic E-state index is 0.0218. The number of amides is 3. The highest BCUT2D eigenvalue weighted by atomic mass is 19.1. The van der Waals surface area contributed by atoms with Crippen LogP contribution in [0.25, 0.3) is 0 Å². The molecule has 2 aromatic rings. The Morgan fingerprint density at radius 1 is 1.17 bits per heavy atom. The van der Waals surface area contributed by atoms with Gasteiger partial charge in [0.2, 0.25) is 17.7 Å². The van der Waals surface area contributed by atoms with E-state index in [-0.39, 0.29) is 30.0 Å². The lowest BCUT2D eigenvalue weighted by Crippen LogP contribution is -2.52. The predicted octanol–water partition coefficient (Wildman–Crippen LogP) is 2.80. The average molecular weight is 395 g/mol. The molecule has 0 aromatic heterocycles. The van der Waals surface area contributed by atoms with E-state index in [0.717, 1.165) is 12.5 Å². The van der Waals surface area contributed by atoms with Crippen molar-refractivity contribution in [3.8, 4) is 0 Å². The number of carbonyl (C=O) groups is 3. The lowest BCUT2D eigenvalue weighted by atomic mass is 10.0. The van der Waals surface area contributed by atoms with Gasteiger partial charge in [0, 0.05) is 17.9 Å². The van der Waals surface area contributed by atoms with E-state index < -0.39 is 6.04 Å². The summed E-state index contributed by atoms with van der Waals surface area (Å²) in [6.45, 7) is 3.94. The molecule has 0 saturated carbocycles. The normalized spacial score (nSPS) is 16.2. The van der Waals surface area contributed by atoms with Crippen molar-refractivity contribution in [1.82, 2.24) is 5.32 Å². The van der Waals surface area contributed by atoms with Crippen molar-refractivity contribution in [1.29, 1.82) is 0 Å². The first kappa shape index (κ1) is 20.3. The molecule has 0 aliphatic carbocycles. The maximum absolute atomic E-state index is 13.1. The zero-order chi connectivity index (χ0) is 20.8. The fraction of sp³-hybridized carbons (Fsp3) is 0.227. The Balaban J connectivity index is 1.66. The number of rotatable bonds is 6. The summed E-state index contributed by atoms with van der Waals surface area (Å²) in [5.41, 5.74) is 1.77. The molecular formula is C22H22FN3O3.